The Hall–Kier alpha value is -6.16. The van der Waals surface area contributed by atoms with Crippen LogP contribution in [0.3, 0.4) is 0 Å². The highest BCUT2D eigenvalue weighted by atomic mass is 31.1. The summed E-state index contributed by atoms with van der Waals surface area (Å²) in [6.07, 6.45) is 0. The molecule has 1 unspecified atom stereocenters. The van der Waals surface area contributed by atoms with E-state index >= 15 is 0 Å². The maximum Gasteiger partial charge on any atom is 0.235 e. The molecule has 4 nitrogen and oxygen atoms in total. The number of furan rings is 1. The Morgan fingerprint density at radius 1 is 0.556 bits per heavy atom. The van der Waals surface area contributed by atoms with Crippen molar-refractivity contribution in [3.8, 4) is 22.4 Å². The topological polar surface area (TPSA) is 42.2 Å². The predicted octanol–water partition coefficient (Wildman–Crippen LogP) is 8.05. The van der Waals surface area contributed by atoms with Crippen molar-refractivity contribution >= 4 is 125 Å². The minimum Gasteiger partial charge on any atom is -0.454 e. The molecular formula is C46H25B3N3OP. The number of anilines is 2. The van der Waals surface area contributed by atoms with Gasteiger partial charge in [-0.05, 0) is 56.9 Å². The van der Waals surface area contributed by atoms with Crippen LogP contribution < -0.4 is 31.7 Å². The van der Waals surface area contributed by atoms with Gasteiger partial charge in [0.05, 0.1) is 19.3 Å². The zero-order chi connectivity index (χ0) is 36.1. The van der Waals surface area contributed by atoms with E-state index < -0.39 is 8.07 Å². The molecule has 0 saturated heterocycles. The minimum atomic E-state index is -1.33. The van der Waals surface area contributed by atoms with Gasteiger partial charge in [-0.1, -0.05) is 144 Å². The fraction of sp³-hybridized carbons (Fsp3) is 0. The third-order valence-electron chi connectivity index (χ3n) is 10.5. The molecule has 2 aromatic heterocycles. The predicted molar refractivity (Wildman–Crippen MR) is 230 cm³/mol. The van der Waals surface area contributed by atoms with Crippen LogP contribution in [0, 0.1) is 0 Å². The highest BCUT2D eigenvalue weighted by molar-refractivity contribution is 7.75. The van der Waals surface area contributed by atoms with E-state index in [2.05, 4.69) is 108 Å². The van der Waals surface area contributed by atoms with Crippen LogP contribution >= 0.6 is 8.07 Å². The van der Waals surface area contributed by atoms with Crippen LogP contribution in [0.2, 0.25) is 0 Å². The molecule has 0 N–H and O–H groups in total. The van der Waals surface area contributed by atoms with Crippen LogP contribution in [0.25, 0.3) is 76.8 Å². The number of rotatable bonds is 3. The molecule has 0 bridgehead atoms. The number of hydrogen-bond donors (Lipinski definition) is 0. The summed E-state index contributed by atoms with van der Waals surface area (Å²) in [5.41, 5.74) is 8.22. The molecule has 1 atom stereocenters. The third kappa shape index (κ3) is 4.58. The Labute approximate surface area is 316 Å². The Morgan fingerprint density at radius 2 is 1.19 bits per heavy atom. The second kappa shape index (κ2) is 11.9. The summed E-state index contributed by atoms with van der Waals surface area (Å²) in [5, 5.41) is 9.90. The first kappa shape index (κ1) is 31.4. The highest BCUT2D eigenvalue weighted by Crippen LogP contribution is 2.60. The van der Waals surface area contributed by atoms with Crippen molar-refractivity contribution in [1.82, 2.24) is 9.97 Å². The monoisotopic (exact) mass is 699 g/mol. The molecule has 11 rings (SSSR count). The zero-order valence-corrected chi connectivity index (χ0v) is 29.8. The van der Waals surface area contributed by atoms with E-state index in [9.17, 15) is 0 Å². The van der Waals surface area contributed by atoms with Gasteiger partial charge in [-0.3, -0.25) is 4.67 Å². The fourth-order valence-electron chi connectivity index (χ4n) is 8.27. The van der Waals surface area contributed by atoms with Gasteiger partial charge in [0.2, 0.25) is 5.95 Å². The molecule has 8 aromatic carbocycles. The fourth-order valence-corrected chi connectivity index (χ4v) is 10.8. The van der Waals surface area contributed by atoms with E-state index in [1.54, 1.807) is 12.1 Å². The second-order valence-corrected chi connectivity index (χ2v) is 15.7. The molecule has 3 heterocycles. The van der Waals surface area contributed by atoms with Crippen molar-refractivity contribution in [2.24, 2.45) is 0 Å². The summed E-state index contributed by atoms with van der Waals surface area (Å²) >= 11 is 0. The lowest BCUT2D eigenvalue weighted by molar-refractivity contribution is 0.669. The number of nitrogens with zero attached hydrogens (tertiary/aromatic N) is 3. The van der Waals surface area contributed by atoms with E-state index in [0.29, 0.717) is 33.6 Å². The Morgan fingerprint density at radius 3 is 1.96 bits per heavy atom. The molecule has 10 aromatic rings. The van der Waals surface area contributed by atoms with Crippen molar-refractivity contribution in [3.63, 3.8) is 0 Å². The first-order chi connectivity index (χ1) is 26.5. The van der Waals surface area contributed by atoms with Gasteiger partial charge >= 0.3 is 0 Å². The van der Waals surface area contributed by atoms with Gasteiger partial charge in [-0.15, -0.1) is 0 Å². The number of fused-ring (bicyclic) bond motifs is 12. The summed E-state index contributed by atoms with van der Waals surface area (Å²) in [5.74, 6) is 0.520. The van der Waals surface area contributed by atoms with Gasteiger partial charge in [0.15, 0.2) is 5.58 Å². The van der Waals surface area contributed by atoms with Crippen LogP contribution in [0.15, 0.2) is 156 Å². The van der Waals surface area contributed by atoms with Crippen LogP contribution in [-0.4, -0.2) is 33.5 Å². The largest absolute Gasteiger partial charge is 0.454 e. The minimum absolute atomic E-state index is 0.453. The normalized spacial score (nSPS) is 13.9. The molecule has 6 radical (unpaired) electrons. The second-order valence-electron chi connectivity index (χ2n) is 13.7. The molecule has 244 valence electrons. The third-order valence-corrected chi connectivity index (χ3v) is 12.9. The lowest BCUT2D eigenvalue weighted by atomic mass is 9.75. The van der Waals surface area contributed by atoms with Gasteiger partial charge in [-0.25, -0.2) is 9.97 Å². The molecular weight excluding hydrogens is 674 g/mol. The van der Waals surface area contributed by atoms with E-state index in [-0.39, 0.29) is 0 Å². The molecule has 0 aliphatic carbocycles. The number of aromatic nitrogens is 2. The van der Waals surface area contributed by atoms with Crippen molar-refractivity contribution in [1.29, 1.82) is 0 Å². The SMILES string of the molecule is [B]c1cc([B])c(-c2nc(N3c4c(c5ccccc5c5c4oc4ccccc45)-c4cc5ccccc5cc4P3c3ccccc3)nc3ccccc23)c([B])c1. The maximum absolute atomic E-state index is 7.01. The molecule has 0 spiro atoms. The van der Waals surface area contributed by atoms with Crippen LogP contribution in [0.1, 0.15) is 0 Å². The van der Waals surface area contributed by atoms with E-state index in [4.69, 9.17) is 37.9 Å². The first-order valence-electron chi connectivity index (χ1n) is 17.8. The van der Waals surface area contributed by atoms with Gasteiger partial charge in [-0.2, -0.15) is 0 Å². The van der Waals surface area contributed by atoms with Crippen LogP contribution in [0.4, 0.5) is 11.6 Å². The highest BCUT2D eigenvalue weighted by Gasteiger charge is 2.40. The van der Waals surface area contributed by atoms with Crippen molar-refractivity contribution in [2.45, 2.75) is 0 Å². The van der Waals surface area contributed by atoms with Crippen molar-refractivity contribution in [3.05, 3.63) is 152 Å². The Kier molecular flexibility index (Phi) is 6.93. The smallest absolute Gasteiger partial charge is 0.235 e. The molecule has 54 heavy (non-hydrogen) atoms. The standard InChI is InChI=1S/C46H25B3N3OP/c47-28-24-35(48)42(36(49)25-28)43-32-18-8-10-20-37(32)50-46(51-43)52-44-40(30-16-6-7-17-31(30)41-33-19-9-11-21-38(33)53-45(41)44)34-22-26-12-4-5-13-27(26)23-39(34)54(52)29-14-2-1-3-15-29/h1-25H. The van der Waals surface area contributed by atoms with Crippen molar-refractivity contribution < 1.29 is 4.42 Å². The van der Waals surface area contributed by atoms with E-state index in [1.807, 2.05) is 36.4 Å². The van der Waals surface area contributed by atoms with Gasteiger partial charge in [0.1, 0.15) is 34.8 Å². The summed E-state index contributed by atoms with van der Waals surface area (Å²) in [4.78, 5) is 10.9. The van der Waals surface area contributed by atoms with Gasteiger partial charge in [0, 0.05) is 32.3 Å². The summed E-state index contributed by atoms with van der Waals surface area (Å²) in [7, 11) is 18.3. The summed E-state index contributed by atoms with van der Waals surface area (Å²) in [6, 6.07) is 52.4. The van der Waals surface area contributed by atoms with Crippen molar-refractivity contribution in [2.75, 3.05) is 4.67 Å². The lowest BCUT2D eigenvalue weighted by Gasteiger charge is -2.39. The number of hydrogen-bond acceptors (Lipinski definition) is 4. The van der Waals surface area contributed by atoms with Crippen LogP contribution in [-0.2, 0) is 0 Å². The average molecular weight is 699 g/mol. The maximum atomic E-state index is 7.01. The number of para-hydroxylation sites is 2. The molecule has 0 saturated carbocycles. The van der Waals surface area contributed by atoms with Crippen LogP contribution in [0.5, 0.6) is 0 Å². The van der Waals surface area contributed by atoms with E-state index in [1.165, 1.54) is 21.6 Å². The van der Waals surface area contributed by atoms with Gasteiger partial charge in [0.25, 0.3) is 0 Å². The lowest BCUT2D eigenvalue weighted by Crippen LogP contribution is -2.32. The Balaban J connectivity index is 1.36. The number of benzene rings is 8. The molecule has 0 amide bonds. The van der Waals surface area contributed by atoms with Gasteiger partial charge < -0.3 is 4.42 Å². The average Bonchev–Trinajstić information content (AvgIpc) is 3.59. The summed E-state index contributed by atoms with van der Waals surface area (Å²) < 4.78 is 9.35. The molecule has 0 fully saturated rings. The molecule has 1 aliphatic heterocycles. The Bertz CT molecular complexity index is 3160. The quantitative estimate of drug-likeness (QED) is 0.138. The van der Waals surface area contributed by atoms with E-state index in [0.717, 1.165) is 60.2 Å². The summed E-state index contributed by atoms with van der Waals surface area (Å²) in [6.45, 7) is 0. The first-order valence-corrected chi connectivity index (χ1v) is 19.1. The zero-order valence-electron chi connectivity index (χ0n) is 28.9. The molecule has 1 aliphatic rings. The molecule has 8 heteroatoms.